The second-order valence-corrected chi connectivity index (χ2v) is 8.26. The van der Waals surface area contributed by atoms with Crippen molar-refractivity contribution in [3.05, 3.63) is 77.9 Å². The molecule has 1 fully saturated rings. The normalized spacial score (nSPS) is 15.8. The lowest BCUT2D eigenvalue weighted by Gasteiger charge is -2.27. The number of hydrogen-bond acceptors (Lipinski definition) is 3. The topological polar surface area (TPSA) is 44.4 Å². The Labute approximate surface area is 179 Å². The van der Waals surface area contributed by atoms with Crippen LogP contribution in [0.2, 0.25) is 0 Å². The van der Waals surface area contributed by atoms with Gasteiger partial charge >= 0.3 is 0 Å². The molecule has 0 bridgehead atoms. The van der Waals surface area contributed by atoms with Gasteiger partial charge in [0.25, 0.3) is 0 Å². The zero-order valence-corrected chi connectivity index (χ0v) is 17.7. The molecule has 4 heteroatoms. The van der Waals surface area contributed by atoms with Crippen molar-refractivity contribution in [1.82, 2.24) is 10.2 Å². The first-order valence-electron chi connectivity index (χ1n) is 11.0. The summed E-state index contributed by atoms with van der Waals surface area (Å²) in [6, 6.07) is 22.5. The molecule has 0 unspecified atom stereocenters. The number of fused-ring (bicyclic) bond motifs is 1. The van der Waals surface area contributed by atoms with Crippen LogP contribution in [-0.4, -0.2) is 29.9 Å². The van der Waals surface area contributed by atoms with E-state index in [1.54, 1.807) is 0 Å². The van der Waals surface area contributed by atoms with Crippen LogP contribution in [0.3, 0.4) is 0 Å². The van der Waals surface area contributed by atoms with E-state index in [4.69, 9.17) is 0 Å². The largest absolute Gasteiger partial charge is 0.325 e. The van der Waals surface area contributed by atoms with E-state index >= 15 is 0 Å². The number of anilines is 1. The van der Waals surface area contributed by atoms with Gasteiger partial charge in [0.15, 0.2) is 0 Å². The summed E-state index contributed by atoms with van der Waals surface area (Å²) in [6.45, 7) is 5.98. The second-order valence-electron chi connectivity index (χ2n) is 8.26. The molecule has 4 nitrogen and oxygen atoms in total. The van der Waals surface area contributed by atoms with Gasteiger partial charge in [-0.15, -0.1) is 0 Å². The number of amides is 1. The number of piperidine rings is 1. The first-order valence-corrected chi connectivity index (χ1v) is 11.0. The minimum absolute atomic E-state index is 0.0150. The molecule has 0 aliphatic carbocycles. The van der Waals surface area contributed by atoms with Gasteiger partial charge in [-0.05, 0) is 66.9 Å². The number of rotatable bonds is 7. The Morgan fingerprint density at radius 2 is 1.60 bits per heavy atom. The van der Waals surface area contributed by atoms with Crippen molar-refractivity contribution in [3.63, 3.8) is 0 Å². The molecule has 0 aromatic heterocycles. The highest BCUT2D eigenvalue weighted by molar-refractivity contribution is 5.97. The molecule has 1 amide bonds. The maximum Gasteiger partial charge on any atom is 0.241 e. The van der Waals surface area contributed by atoms with Gasteiger partial charge in [-0.3, -0.25) is 9.69 Å². The number of benzene rings is 3. The van der Waals surface area contributed by atoms with E-state index in [-0.39, 0.29) is 11.9 Å². The fourth-order valence-corrected chi connectivity index (χ4v) is 4.12. The number of nitrogens with zero attached hydrogens (tertiary/aromatic N) is 1. The molecular formula is C26H31N3O. The van der Waals surface area contributed by atoms with Crippen molar-refractivity contribution in [2.24, 2.45) is 0 Å². The van der Waals surface area contributed by atoms with Crippen LogP contribution >= 0.6 is 0 Å². The number of hydrogen-bond donors (Lipinski definition) is 2. The number of likely N-dealkylation sites (tertiary alicyclic amines) is 1. The van der Waals surface area contributed by atoms with E-state index in [1.165, 1.54) is 48.9 Å². The quantitative estimate of drug-likeness (QED) is 0.589. The van der Waals surface area contributed by atoms with Gasteiger partial charge in [0.1, 0.15) is 0 Å². The molecule has 4 rings (SSSR count). The third kappa shape index (κ3) is 5.26. The van der Waals surface area contributed by atoms with Crippen molar-refractivity contribution < 1.29 is 4.79 Å². The van der Waals surface area contributed by atoms with E-state index in [0.29, 0.717) is 6.54 Å². The van der Waals surface area contributed by atoms with Gasteiger partial charge in [0.2, 0.25) is 5.91 Å². The average Bonchev–Trinajstić information content (AvgIpc) is 2.79. The summed E-state index contributed by atoms with van der Waals surface area (Å²) in [7, 11) is 0. The Morgan fingerprint density at radius 1 is 0.900 bits per heavy atom. The number of carbonyl (C=O) groups excluding carboxylic acids is 1. The Morgan fingerprint density at radius 3 is 2.40 bits per heavy atom. The molecule has 0 saturated carbocycles. The standard InChI is InChI=1S/C26H31N3O/c1-20(26(30)28-25-14-13-21-9-3-4-10-22(21)17-25)27-18-23-11-5-6-12-24(23)19-29-15-7-2-8-16-29/h3-6,9-14,17,20,27H,2,7-8,15-16,18-19H2,1H3,(H,28,30)/t20-/m1/s1. The molecule has 1 aliphatic heterocycles. The summed E-state index contributed by atoms with van der Waals surface area (Å²) < 4.78 is 0. The van der Waals surface area contributed by atoms with E-state index in [2.05, 4.69) is 51.9 Å². The predicted molar refractivity (Wildman–Crippen MR) is 124 cm³/mol. The van der Waals surface area contributed by atoms with Crippen LogP contribution < -0.4 is 10.6 Å². The van der Waals surface area contributed by atoms with Gasteiger partial charge in [-0.2, -0.15) is 0 Å². The highest BCUT2D eigenvalue weighted by Crippen LogP contribution is 2.19. The number of carbonyl (C=O) groups is 1. The van der Waals surface area contributed by atoms with Gasteiger partial charge < -0.3 is 10.6 Å². The van der Waals surface area contributed by atoms with Gasteiger partial charge in [-0.25, -0.2) is 0 Å². The van der Waals surface area contributed by atoms with E-state index in [0.717, 1.165) is 17.6 Å². The van der Waals surface area contributed by atoms with Crippen LogP contribution in [0.1, 0.15) is 37.3 Å². The van der Waals surface area contributed by atoms with Gasteiger partial charge in [-0.1, -0.05) is 61.0 Å². The SMILES string of the molecule is C[C@@H](NCc1ccccc1CN1CCCCC1)C(=O)Nc1ccc2ccccc2c1. The summed E-state index contributed by atoms with van der Waals surface area (Å²) in [5.74, 6) is -0.0150. The van der Waals surface area contributed by atoms with Crippen LogP contribution in [0.15, 0.2) is 66.7 Å². The monoisotopic (exact) mass is 401 g/mol. The lowest BCUT2D eigenvalue weighted by Crippen LogP contribution is -2.38. The lowest BCUT2D eigenvalue weighted by molar-refractivity contribution is -0.117. The Bertz CT molecular complexity index is 994. The molecule has 1 saturated heterocycles. The van der Waals surface area contributed by atoms with Crippen LogP contribution in [0.4, 0.5) is 5.69 Å². The van der Waals surface area contributed by atoms with Gasteiger partial charge in [0, 0.05) is 18.8 Å². The highest BCUT2D eigenvalue weighted by Gasteiger charge is 2.15. The van der Waals surface area contributed by atoms with Crippen LogP contribution in [0.5, 0.6) is 0 Å². The first kappa shape index (κ1) is 20.6. The van der Waals surface area contributed by atoms with Crippen LogP contribution in [-0.2, 0) is 17.9 Å². The molecule has 1 heterocycles. The molecule has 3 aromatic rings. The Balaban J connectivity index is 1.34. The van der Waals surface area contributed by atoms with Crippen molar-refractivity contribution >= 4 is 22.4 Å². The lowest BCUT2D eigenvalue weighted by atomic mass is 10.0. The van der Waals surface area contributed by atoms with E-state index in [9.17, 15) is 4.79 Å². The van der Waals surface area contributed by atoms with E-state index < -0.39 is 0 Å². The highest BCUT2D eigenvalue weighted by atomic mass is 16.2. The summed E-state index contributed by atoms with van der Waals surface area (Å²) >= 11 is 0. The zero-order chi connectivity index (χ0) is 20.8. The maximum atomic E-state index is 12.7. The average molecular weight is 402 g/mol. The minimum Gasteiger partial charge on any atom is -0.325 e. The molecule has 3 aromatic carbocycles. The third-order valence-corrected chi connectivity index (χ3v) is 5.97. The van der Waals surface area contributed by atoms with Crippen molar-refractivity contribution in [2.75, 3.05) is 18.4 Å². The predicted octanol–water partition coefficient (Wildman–Crippen LogP) is 4.94. The summed E-state index contributed by atoms with van der Waals surface area (Å²) in [5.41, 5.74) is 3.46. The van der Waals surface area contributed by atoms with Crippen molar-refractivity contribution in [2.45, 2.75) is 45.3 Å². The van der Waals surface area contributed by atoms with Crippen LogP contribution in [0.25, 0.3) is 10.8 Å². The molecule has 30 heavy (non-hydrogen) atoms. The maximum absolute atomic E-state index is 12.7. The molecule has 1 aliphatic rings. The molecule has 2 N–H and O–H groups in total. The zero-order valence-electron chi connectivity index (χ0n) is 17.7. The third-order valence-electron chi connectivity index (χ3n) is 5.97. The van der Waals surface area contributed by atoms with Gasteiger partial charge in [0.05, 0.1) is 6.04 Å². The van der Waals surface area contributed by atoms with Crippen molar-refractivity contribution in [3.8, 4) is 0 Å². The molecule has 0 spiro atoms. The Hall–Kier alpha value is -2.69. The van der Waals surface area contributed by atoms with E-state index in [1.807, 2.05) is 37.3 Å². The second kappa shape index (κ2) is 9.88. The molecule has 0 radical (unpaired) electrons. The minimum atomic E-state index is -0.278. The Kier molecular flexibility index (Phi) is 6.77. The summed E-state index contributed by atoms with van der Waals surface area (Å²) in [6.07, 6.45) is 3.95. The van der Waals surface area contributed by atoms with Crippen LogP contribution in [0, 0.1) is 0 Å². The molecule has 1 atom stereocenters. The summed E-state index contributed by atoms with van der Waals surface area (Å²) in [4.78, 5) is 15.2. The summed E-state index contributed by atoms with van der Waals surface area (Å²) in [5, 5.41) is 8.74. The first-order chi connectivity index (χ1) is 14.7. The fraction of sp³-hybridized carbons (Fsp3) is 0.346. The fourth-order valence-electron chi connectivity index (χ4n) is 4.12. The smallest absolute Gasteiger partial charge is 0.241 e. The van der Waals surface area contributed by atoms with Crippen molar-refractivity contribution in [1.29, 1.82) is 0 Å². The molecular weight excluding hydrogens is 370 g/mol. The number of nitrogens with one attached hydrogen (secondary N) is 2. The molecule has 156 valence electrons.